The van der Waals surface area contributed by atoms with Crippen molar-refractivity contribution in [3.63, 3.8) is 0 Å². The number of aliphatic hydroxyl groups excluding tert-OH is 5. The molecule has 2 aliphatic heterocycles. The number of rotatable bonds is 6. The molecule has 34 heavy (non-hydrogen) atoms. The van der Waals surface area contributed by atoms with Crippen molar-refractivity contribution in [3.05, 3.63) is 0 Å². The highest BCUT2D eigenvalue weighted by molar-refractivity contribution is 5.02. The average molecular weight is 497 g/mol. The SMILES string of the molecule is CN[C@@H]1[C@@H](O)[C@H](O[C@@H]2[C@@H](O)[C@H](O[C@H]3O[C@H]([C@H](C)O)[C@@H](O)[C@H](O)[C@H]3N)[C@@H](N)C[C@H]2N)OC[C@]1(C)O. The summed E-state index contributed by atoms with van der Waals surface area (Å²) in [7, 11) is 1.58. The van der Waals surface area contributed by atoms with Crippen LogP contribution >= 0.6 is 0 Å². The third-order valence-corrected chi connectivity index (χ3v) is 6.95. The highest BCUT2D eigenvalue weighted by atomic mass is 16.7. The van der Waals surface area contributed by atoms with Crippen molar-refractivity contribution in [2.45, 2.75) is 111 Å². The van der Waals surface area contributed by atoms with Gasteiger partial charge in [-0.1, -0.05) is 0 Å². The molecule has 0 aromatic heterocycles. The Balaban J connectivity index is 1.73. The molecule has 0 aromatic rings. The van der Waals surface area contributed by atoms with E-state index in [1.807, 2.05) is 0 Å². The van der Waals surface area contributed by atoms with Gasteiger partial charge in [0.05, 0.1) is 24.8 Å². The van der Waals surface area contributed by atoms with Crippen molar-refractivity contribution in [1.29, 1.82) is 0 Å². The summed E-state index contributed by atoms with van der Waals surface area (Å²) < 4.78 is 22.8. The lowest BCUT2D eigenvalue weighted by Gasteiger charge is -2.49. The summed E-state index contributed by atoms with van der Waals surface area (Å²) >= 11 is 0. The molecule has 0 aromatic carbocycles. The van der Waals surface area contributed by atoms with E-state index in [9.17, 15) is 30.6 Å². The fourth-order valence-electron chi connectivity index (χ4n) is 4.95. The number of ether oxygens (including phenoxy) is 4. The maximum absolute atomic E-state index is 11.1. The largest absolute Gasteiger partial charge is 0.391 e. The zero-order chi connectivity index (χ0) is 25.5. The van der Waals surface area contributed by atoms with E-state index in [0.717, 1.165) is 0 Å². The van der Waals surface area contributed by atoms with Crippen LogP contribution in [0.15, 0.2) is 0 Å². The Labute approximate surface area is 197 Å². The van der Waals surface area contributed by atoms with Crippen LogP contribution < -0.4 is 22.5 Å². The van der Waals surface area contributed by atoms with Gasteiger partial charge in [0, 0.05) is 12.1 Å². The number of hydrogen-bond acceptors (Lipinski definition) is 14. The van der Waals surface area contributed by atoms with Gasteiger partial charge in [0.25, 0.3) is 0 Å². The Morgan fingerprint density at radius 3 is 2.03 bits per heavy atom. The monoisotopic (exact) mass is 496 g/mol. The van der Waals surface area contributed by atoms with Gasteiger partial charge in [-0.25, -0.2) is 0 Å². The fraction of sp³-hybridized carbons (Fsp3) is 1.00. The molecule has 1 aliphatic carbocycles. The molecule has 15 atom stereocenters. The quantitative estimate of drug-likeness (QED) is 0.165. The van der Waals surface area contributed by atoms with Crippen LogP contribution in [0.2, 0.25) is 0 Å². The molecule has 2 saturated heterocycles. The number of aliphatic hydroxyl groups is 6. The van der Waals surface area contributed by atoms with Crippen LogP contribution in [-0.4, -0.2) is 135 Å². The van der Waals surface area contributed by atoms with E-state index in [0.29, 0.717) is 0 Å². The van der Waals surface area contributed by atoms with Crippen LogP contribution in [-0.2, 0) is 18.9 Å². The molecule has 3 rings (SSSR count). The van der Waals surface area contributed by atoms with Crippen molar-refractivity contribution < 1.29 is 49.6 Å². The van der Waals surface area contributed by atoms with E-state index in [1.54, 1.807) is 7.05 Å². The molecule has 0 amide bonds. The first-order valence-corrected chi connectivity index (χ1v) is 11.4. The Morgan fingerprint density at radius 1 is 0.941 bits per heavy atom. The molecule has 2 heterocycles. The van der Waals surface area contributed by atoms with Crippen LogP contribution in [0.1, 0.15) is 20.3 Å². The van der Waals surface area contributed by atoms with Gasteiger partial charge >= 0.3 is 0 Å². The summed E-state index contributed by atoms with van der Waals surface area (Å²) in [5, 5.41) is 65.2. The Bertz CT molecular complexity index is 675. The molecular weight excluding hydrogens is 456 g/mol. The summed E-state index contributed by atoms with van der Waals surface area (Å²) in [4.78, 5) is 0. The minimum absolute atomic E-state index is 0.135. The molecular formula is C20H40N4O10. The Kier molecular flexibility index (Phi) is 8.92. The smallest absolute Gasteiger partial charge is 0.185 e. The topological polar surface area (TPSA) is 248 Å². The molecule has 3 fully saturated rings. The predicted octanol–water partition coefficient (Wildman–Crippen LogP) is -5.61. The van der Waals surface area contributed by atoms with Crippen LogP contribution in [0.5, 0.6) is 0 Å². The van der Waals surface area contributed by atoms with E-state index in [4.69, 9.17) is 36.1 Å². The van der Waals surface area contributed by atoms with Gasteiger partial charge in [-0.05, 0) is 27.3 Å². The van der Waals surface area contributed by atoms with Crippen LogP contribution in [0, 0.1) is 0 Å². The van der Waals surface area contributed by atoms with Gasteiger partial charge in [0.2, 0.25) is 0 Å². The van der Waals surface area contributed by atoms with Crippen LogP contribution in [0.25, 0.3) is 0 Å². The van der Waals surface area contributed by atoms with Gasteiger partial charge in [0.15, 0.2) is 12.6 Å². The molecule has 0 spiro atoms. The molecule has 13 N–H and O–H groups in total. The molecule has 14 heteroatoms. The van der Waals surface area contributed by atoms with Gasteiger partial charge in [0.1, 0.15) is 48.3 Å². The first-order chi connectivity index (χ1) is 15.8. The second-order valence-corrected chi connectivity index (χ2v) is 9.82. The van der Waals surface area contributed by atoms with E-state index in [1.165, 1.54) is 13.8 Å². The summed E-state index contributed by atoms with van der Waals surface area (Å²) in [5.74, 6) is 0. The van der Waals surface area contributed by atoms with Gasteiger partial charge < -0.3 is 72.1 Å². The van der Waals surface area contributed by atoms with E-state index >= 15 is 0 Å². The number of hydrogen-bond donors (Lipinski definition) is 10. The van der Waals surface area contributed by atoms with Crippen molar-refractivity contribution in [3.8, 4) is 0 Å². The summed E-state index contributed by atoms with van der Waals surface area (Å²) in [6.45, 7) is 2.75. The highest BCUT2D eigenvalue weighted by Crippen LogP contribution is 2.32. The first-order valence-electron chi connectivity index (χ1n) is 11.4. The first kappa shape index (κ1) is 28.0. The standard InChI is InChI=1S/C20H40N4O10/c1-6(25)14-11(27)10(26)9(23)18(32-14)33-15-7(21)4-8(22)16(12(15)28)34-19-13(29)17(24-3)20(2,30)5-31-19/h6-19,24-30H,4-5,21-23H2,1-3H3/t6-,7-,8+,9+,10+,11-,12-,13+,14+,15+,16-,17+,18+,19-,20-/m0/s1. The Hall–Kier alpha value is -0.560. The predicted molar refractivity (Wildman–Crippen MR) is 116 cm³/mol. The number of nitrogens with two attached hydrogens (primary N) is 3. The van der Waals surface area contributed by atoms with Crippen molar-refractivity contribution >= 4 is 0 Å². The van der Waals surface area contributed by atoms with Gasteiger partial charge in [-0.3, -0.25) is 0 Å². The van der Waals surface area contributed by atoms with Crippen LogP contribution in [0.3, 0.4) is 0 Å². The lowest BCUT2D eigenvalue weighted by Crippen LogP contribution is -2.69. The summed E-state index contributed by atoms with van der Waals surface area (Å²) in [6, 6.07) is -3.47. The number of likely N-dealkylation sites (N-methyl/N-ethyl adjacent to an activating group) is 1. The van der Waals surface area contributed by atoms with E-state index in [-0.39, 0.29) is 13.0 Å². The zero-order valence-corrected chi connectivity index (χ0v) is 19.5. The Morgan fingerprint density at radius 2 is 1.50 bits per heavy atom. The zero-order valence-electron chi connectivity index (χ0n) is 19.5. The van der Waals surface area contributed by atoms with Gasteiger partial charge in [-0.2, -0.15) is 0 Å². The molecule has 0 radical (unpaired) electrons. The third-order valence-electron chi connectivity index (χ3n) is 6.95. The highest BCUT2D eigenvalue weighted by Gasteiger charge is 2.52. The molecule has 14 nitrogen and oxygen atoms in total. The van der Waals surface area contributed by atoms with E-state index in [2.05, 4.69) is 5.32 Å². The summed E-state index contributed by atoms with van der Waals surface area (Å²) in [6.07, 6.45) is -12.4. The summed E-state index contributed by atoms with van der Waals surface area (Å²) in [5.41, 5.74) is 17.0. The molecule has 0 unspecified atom stereocenters. The number of nitrogens with one attached hydrogen (secondary N) is 1. The van der Waals surface area contributed by atoms with Crippen molar-refractivity contribution in [1.82, 2.24) is 5.32 Å². The van der Waals surface area contributed by atoms with Crippen molar-refractivity contribution in [2.75, 3.05) is 13.7 Å². The molecule has 200 valence electrons. The van der Waals surface area contributed by atoms with E-state index < -0.39 is 91.2 Å². The average Bonchev–Trinajstić information content (AvgIpc) is 2.75. The maximum Gasteiger partial charge on any atom is 0.185 e. The molecule has 3 aliphatic rings. The fourth-order valence-corrected chi connectivity index (χ4v) is 4.95. The second-order valence-electron chi connectivity index (χ2n) is 9.82. The maximum atomic E-state index is 11.1. The van der Waals surface area contributed by atoms with Crippen LogP contribution in [0.4, 0.5) is 0 Å². The minimum Gasteiger partial charge on any atom is -0.391 e. The third kappa shape index (κ3) is 5.40. The molecule has 0 bridgehead atoms. The second kappa shape index (κ2) is 10.8. The lowest BCUT2D eigenvalue weighted by atomic mass is 9.84. The van der Waals surface area contributed by atoms with Crippen molar-refractivity contribution in [2.24, 2.45) is 17.2 Å². The lowest BCUT2D eigenvalue weighted by molar-refractivity contribution is -0.319. The molecule has 1 saturated carbocycles. The minimum atomic E-state index is -1.46. The van der Waals surface area contributed by atoms with Gasteiger partial charge in [-0.15, -0.1) is 0 Å². The normalized spacial score (nSPS) is 53.5.